The van der Waals surface area contributed by atoms with Crippen molar-refractivity contribution in [3.05, 3.63) is 34.4 Å². The van der Waals surface area contributed by atoms with E-state index in [-0.39, 0.29) is 0 Å². The van der Waals surface area contributed by atoms with Crippen LogP contribution in [0.1, 0.15) is 88.0 Å². The van der Waals surface area contributed by atoms with Crippen molar-refractivity contribution in [3.8, 4) is 0 Å². The van der Waals surface area contributed by atoms with Gasteiger partial charge in [0.2, 0.25) is 0 Å². The molecule has 0 atom stereocenters. The van der Waals surface area contributed by atoms with E-state index in [1.807, 2.05) is 0 Å². The molecule has 1 saturated carbocycles. The summed E-state index contributed by atoms with van der Waals surface area (Å²) < 4.78 is 0.673. The monoisotopic (exact) mass is 426 g/mol. The number of hydrogen-bond acceptors (Lipinski definition) is 0. The maximum Gasteiger partial charge on any atom is 0.0223 e. The number of rotatable bonds is 9. The van der Waals surface area contributed by atoms with E-state index >= 15 is 0 Å². The highest BCUT2D eigenvalue weighted by Gasteiger charge is 2.38. The lowest BCUT2D eigenvalue weighted by Gasteiger charge is -2.22. The van der Waals surface area contributed by atoms with Gasteiger partial charge in [0.25, 0.3) is 0 Å². The Kier molecular flexibility index (Phi) is 6.61. The Morgan fingerprint density at radius 2 is 1.52 bits per heavy atom. The Morgan fingerprint density at radius 1 is 1.00 bits per heavy atom. The Hall–Kier alpha value is -0.0500. The van der Waals surface area contributed by atoms with Crippen molar-refractivity contribution in [1.29, 1.82) is 0 Å². The minimum atomic E-state index is 0.501. The largest absolute Gasteiger partial charge is 0.0789 e. The van der Waals surface area contributed by atoms with E-state index in [9.17, 15) is 0 Å². The summed E-state index contributed by atoms with van der Waals surface area (Å²) in [5.41, 5.74) is 6.76. The quantitative estimate of drug-likeness (QED) is 0.286. The molecule has 1 aromatic carbocycles. The first-order valence-electron chi connectivity index (χ1n) is 9.53. The van der Waals surface area contributed by atoms with Crippen LogP contribution in [-0.2, 0) is 12.8 Å². The summed E-state index contributed by atoms with van der Waals surface area (Å²) in [7, 11) is 0. The number of benzene rings is 1. The van der Waals surface area contributed by atoms with Gasteiger partial charge in [0.1, 0.15) is 0 Å². The summed E-state index contributed by atoms with van der Waals surface area (Å²) >= 11 is 2.68. The van der Waals surface area contributed by atoms with Gasteiger partial charge < -0.3 is 0 Å². The van der Waals surface area contributed by atoms with Crippen LogP contribution in [-0.4, -0.2) is 3.42 Å². The Balaban J connectivity index is 1.88. The fourth-order valence-corrected chi connectivity index (χ4v) is 4.04. The van der Waals surface area contributed by atoms with E-state index in [0.29, 0.717) is 8.84 Å². The molecular weight excluding hydrogens is 391 g/mol. The first kappa shape index (κ1) is 19.3. The lowest BCUT2D eigenvalue weighted by Crippen LogP contribution is -2.10. The molecule has 0 aliphatic heterocycles. The van der Waals surface area contributed by atoms with Crippen molar-refractivity contribution in [2.45, 2.75) is 95.8 Å². The molecule has 0 spiro atoms. The van der Waals surface area contributed by atoms with Crippen molar-refractivity contribution in [1.82, 2.24) is 0 Å². The molecule has 1 aliphatic carbocycles. The molecule has 0 radical (unpaired) electrons. The zero-order chi connectivity index (χ0) is 17.1. The summed E-state index contributed by atoms with van der Waals surface area (Å²) in [6.07, 6.45) is 12.1. The van der Waals surface area contributed by atoms with Gasteiger partial charge in [0.15, 0.2) is 0 Å². The molecular formula is C22H35I. The van der Waals surface area contributed by atoms with Crippen LogP contribution in [0.2, 0.25) is 0 Å². The maximum absolute atomic E-state index is 2.68. The molecule has 0 heterocycles. The summed E-state index contributed by atoms with van der Waals surface area (Å²) in [6, 6.07) is 4.82. The lowest BCUT2D eigenvalue weighted by atomic mass is 9.83. The molecule has 0 unspecified atom stereocenters. The van der Waals surface area contributed by atoms with Crippen LogP contribution in [0.3, 0.4) is 0 Å². The molecule has 0 nitrogen and oxygen atoms in total. The predicted molar refractivity (Wildman–Crippen MR) is 112 cm³/mol. The second-order valence-electron chi connectivity index (χ2n) is 8.51. The van der Waals surface area contributed by atoms with Crippen LogP contribution in [0.5, 0.6) is 0 Å². The second-order valence-corrected chi connectivity index (χ2v) is 10.8. The van der Waals surface area contributed by atoms with Gasteiger partial charge in [-0.05, 0) is 92.9 Å². The Morgan fingerprint density at radius 3 is 2.00 bits per heavy atom. The molecule has 0 bridgehead atoms. The van der Waals surface area contributed by atoms with E-state index in [1.165, 1.54) is 57.8 Å². The van der Waals surface area contributed by atoms with Gasteiger partial charge in [-0.25, -0.2) is 0 Å². The van der Waals surface area contributed by atoms with Gasteiger partial charge >= 0.3 is 0 Å². The maximum atomic E-state index is 2.68. The summed E-state index contributed by atoms with van der Waals surface area (Å²) in [6.45, 7) is 11.8. The van der Waals surface area contributed by atoms with E-state index in [4.69, 9.17) is 0 Å². The summed E-state index contributed by atoms with van der Waals surface area (Å²) in [5, 5.41) is 0. The molecule has 1 aliphatic rings. The normalized spacial score (nSPS) is 16.6. The highest BCUT2D eigenvalue weighted by Crippen LogP contribution is 2.48. The number of hydrogen-bond donors (Lipinski definition) is 0. The average molecular weight is 426 g/mol. The minimum Gasteiger partial charge on any atom is -0.0789 e. The molecule has 0 saturated heterocycles. The Labute approximate surface area is 158 Å². The van der Waals surface area contributed by atoms with Crippen molar-refractivity contribution in [3.63, 3.8) is 0 Å². The molecule has 0 N–H and O–H groups in total. The van der Waals surface area contributed by atoms with E-state index < -0.39 is 0 Å². The number of aryl methyl sites for hydroxylation is 2. The van der Waals surface area contributed by atoms with Crippen LogP contribution >= 0.6 is 22.6 Å². The number of alkyl halides is 1. The molecule has 23 heavy (non-hydrogen) atoms. The molecule has 1 heteroatoms. The third-order valence-electron chi connectivity index (χ3n) is 6.13. The average Bonchev–Trinajstić information content (AvgIpc) is 3.23. The van der Waals surface area contributed by atoms with Crippen LogP contribution in [0.15, 0.2) is 12.1 Å². The molecule has 0 amide bonds. The van der Waals surface area contributed by atoms with Gasteiger partial charge in [0.05, 0.1) is 0 Å². The van der Waals surface area contributed by atoms with E-state index in [1.54, 1.807) is 22.3 Å². The minimum absolute atomic E-state index is 0.501. The first-order chi connectivity index (χ1) is 10.8. The highest BCUT2D eigenvalue weighted by atomic mass is 127. The van der Waals surface area contributed by atoms with Crippen LogP contribution < -0.4 is 0 Å². The molecule has 1 fully saturated rings. The lowest BCUT2D eigenvalue weighted by molar-refractivity contribution is 0.313. The third-order valence-corrected chi connectivity index (χ3v) is 7.75. The SMILES string of the molecule is CCC(C)(C)CCCc1ccc(CCCC2(I)CC2)c(C)c1C. The van der Waals surface area contributed by atoms with E-state index in [2.05, 4.69) is 69.3 Å². The standard InChI is InChI=1S/C22H35I/c1-6-21(4,5)13-7-9-19-11-12-20(18(3)17(19)2)10-8-14-22(23)15-16-22/h11-12H,6-10,13-16H2,1-5H3. The van der Waals surface area contributed by atoms with Crippen molar-refractivity contribution < 1.29 is 0 Å². The highest BCUT2D eigenvalue weighted by molar-refractivity contribution is 14.1. The first-order valence-corrected chi connectivity index (χ1v) is 10.6. The van der Waals surface area contributed by atoms with Gasteiger partial charge in [-0.3, -0.25) is 0 Å². The van der Waals surface area contributed by atoms with Gasteiger partial charge in [-0.1, -0.05) is 61.9 Å². The zero-order valence-electron chi connectivity index (χ0n) is 15.9. The fourth-order valence-electron chi connectivity index (χ4n) is 3.39. The van der Waals surface area contributed by atoms with Gasteiger partial charge in [-0.2, -0.15) is 0 Å². The molecule has 1 aromatic rings. The van der Waals surface area contributed by atoms with Gasteiger partial charge in [-0.15, -0.1) is 0 Å². The van der Waals surface area contributed by atoms with Crippen LogP contribution in [0.4, 0.5) is 0 Å². The summed E-state index contributed by atoms with van der Waals surface area (Å²) in [5.74, 6) is 0. The van der Waals surface area contributed by atoms with Gasteiger partial charge in [0, 0.05) is 3.42 Å². The molecule has 130 valence electrons. The van der Waals surface area contributed by atoms with Crippen molar-refractivity contribution in [2.75, 3.05) is 0 Å². The molecule has 2 rings (SSSR count). The van der Waals surface area contributed by atoms with Crippen molar-refractivity contribution >= 4 is 22.6 Å². The molecule has 0 aromatic heterocycles. The summed E-state index contributed by atoms with van der Waals surface area (Å²) in [4.78, 5) is 0. The predicted octanol–water partition coefficient (Wildman–Crippen LogP) is 7.35. The van der Waals surface area contributed by atoms with Crippen molar-refractivity contribution in [2.24, 2.45) is 5.41 Å². The second kappa shape index (κ2) is 7.89. The van der Waals surface area contributed by atoms with Crippen LogP contribution in [0.25, 0.3) is 0 Å². The Bertz CT molecular complexity index is 523. The number of halogens is 1. The zero-order valence-corrected chi connectivity index (χ0v) is 18.1. The topological polar surface area (TPSA) is 0 Å². The van der Waals surface area contributed by atoms with Crippen LogP contribution in [0, 0.1) is 19.3 Å². The third kappa shape index (κ3) is 5.76. The van der Waals surface area contributed by atoms with E-state index in [0.717, 1.165) is 0 Å². The smallest absolute Gasteiger partial charge is 0.0223 e. The fraction of sp³-hybridized carbons (Fsp3) is 0.727.